The number of nitrogens with two attached hydrogens (primary N) is 1. The highest BCUT2D eigenvalue weighted by Crippen LogP contribution is 2.26. The SMILES string of the molecule is CO[C@H]1C[C@@H](C(N)=O)N(S(=O)(=O)CCC(F)(F)F)C1. The van der Waals surface area contributed by atoms with E-state index in [1.54, 1.807) is 0 Å². The van der Waals surface area contributed by atoms with Gasteiger partial charge < -0.3 is 10.5 Å². The van der Waals surface area contributed by atoms with Gasteiger partial charge in [0, 0.05) is 20.1 Å². The fraction of sp³-hybridized carbons (Fsp3) is 0.889. The molecule has 1 rings (SSSR count). The number of methoxy groups -OCH3 is 1. The van der Waals surface area contributed by atoms with Crippen molar-refractivity contribution in [2.45, 2.75) is 31.2 Å². The Morgan fingerprint density at radius 1 is 1.47 bits per heavy atom. The number of halogens is 3. The summed E-state index contributed by atoms with van der Waals surface area (Å²) in [6.07, 6.45) is -6.53. The summed E-state index contributed by atoms with van der Waals surface area (Å²) in [4.78, 5) is 11.2. The number of primary amides is 1. The predicted octanol–water partition coefficient (Wildman–Crippen LogP) is -0.157. The number of ether oxygens (including phenoxy) is 1. The molecule has 2 N–H and O–H groups in total. The lowest BCUT2D eigenvalue weighted by molar-refractivity contribution is -0.130. The Kier molecular flexibility index (Phi) is 4.80. The topological polar surface area (TPSA) is 89.7 Å². The van der Waals surface area contributed by atoms with Gasteiger partial charge in [-0.2, -0.15) is 17.5 Å². The van der Waals surface area contributed by atoms with E-state index in [0.717, 1.165) is 0 Å². The lowest BCUT2D eigenvalue weighted by Gasteiger charge is -2.21. The molecule has 19 heavy (non-hydrogen) atoms. The summed E-state index contributed by atoms with van der Waals surface area (Å²) in [5.74, 6) is -1.99. The molecule has 1 amide bonds. The van der Waals surface area contributed by atoms with Crippen molar-refractivity contribution in [1.82, 2.24) is 4.31 Å². The zero-order chi connectivity index (χ0) is 14.8. The average Bonchev–Trinajstić information content (AvgIpc) is 2.70. The van der Waals surface area contributed by atoms with Gasteiger partial charge in [-0.15, -0.1) is 0 Å². The average molecular weight is 304 g/mol. The Balaban J connectivity index is 2.83. The minimum absolute atomic E-state index is 0.0527. The second-order valence-corrected chi connectivity index (χ2v) is 6.30. The first-order valence-corrected chi connectivity index (χ1v) is 7.06. The molecule has 0 aromatic rings. The molecule has 0 radical (unpaired) electrons. The molecule has 1 fully saturated rings. The molecule has 112 valence electrons. The summed E-state index contributed by atoms with van der Waals surface area (Å²) in [6.45, 7) is -0.162. The molecule has 0 spiro atoms. The zero-order valence-corrected chi connectivity index (χ0v) is 11.0. The minimum Gasteiger partial charge on any atom is -0.380 e. The van der Waals surface area contributed by atoms with E-state index in [0.29, 0.717) is 4.31 Å². The van der Waals surface area contributed by atoms with Crippen molar-refractivity contribution in [2.75, 3.05) is 19.4 Å². The van der Waals surface area contributed by atoms with Crippen LogP contribution in [0.15, 0.2) is 0 Å². The minimum atomic E-state index is -4.57. The maximum atomic E-state index is 12.1. The molecule has 0 bridgehead atoms. The smallest absolute Gasteiger partial charge is 0.380 e. The number of carbonyl (C=O) groups excluding carboxylic acids is 1. The van der Waals surface area contributed by atoms with Gasteiger partial charge in [0.05, 0.1) is 18.3 Å². The number of amides is 1. The lowest BCUT2D eigenvalue weighted by Crippen LogP contribution is -2.45. The molecular formula is C9H15F3N2O4S. The molecule has 1 heterocycles. The number of nitrogens with zero attached hydrogens (tertiary/aromatic N) is 1. The van der Waals surface area contributed by atoms with E-state index in [2.05, 4.69) is 0 Å². The van der Waals surface area contributed by atoms with E-state index in [4.69, 9.17) is 10.5 Å². The van der Waals surface area contributed by atoms with Gasteiger partial charge in [-0.3, -0.25) is 4.79 Å². The highest BCUT2D eigenvalue weighted by Gasteiger charge is 2.43. The molecule has 1 aliphatic rings. The van der Waals surface area contributed by atoms with Crippen LogP contribution in [0.1, 0.15) is 12.8 Å². The number of carbonyl (C=O) groups is 1. The number of rotatable bonds is 5. The Morgan fingerprint density at radius 2 is 2.05 bits per heavy atom. The Bertz CT molecular complexity index is 437. The number of hydrogen-bond donors (Lipinski definition) is 1. The van der Waals surface area contributed by atoms with Crippen molar-refractivity contribution in [2.24, 2.45) is 5.73 Å². The molecule has 0 unspecified atom stereocenters. The van der Waals surface area contributed by atoms with E-state index < -0.39 is 46.4 Å². The van der Waals surface area contributed by atoms with Crippen LogP contribution in [0.5, 0.6) is 0 Å². The summed E-state index contributed by atoms with van der Waals surface area (Å²) in [5, 5.41) is 0. The van der Waals surface area contributed by atoms with Crippen molar-refractivity contribution < 1.29 is 31.1 Å². The van der Waals surface area contributed by atoms with Crippen LogP contribution in [0.2, 0.25) is 0 Å². The molecule has 0 aliphatic carbocycles. The predicted molar refractivity (Wildman–Crippen MR) is 59.6 cm³/mol. The van der Waals surface area contributed by atoms with Gasteiger partial charge >= 0.3 is 6.18 Å². The van der Waals surface area contributed by atoms with Crippen molar-refractivity contribution in [1.29, 1.82) is 0 Å². The molecule has 1 aliphatic heterocycles. The monoisotopic (exact) mass is 304 g/mol. The van der Waals surface area contributed by atoms with E-state index in [-0.39, 0.29) is 13.0 Å². The van der Waals surface area contributed by atoms with Gasteiger partial charge in [-0.05, 0) is 0 Å². The van der Waals surface area contributed by atoms with Gasteiger partial charge in [0.1, 0.15) is 6.04 Å². The second kappa shape index (κ2) is 5.63. The quantitative estimate of drug-likeness (QED) is 0.764. The second-order valence-electron chi connectivity index (χ2n) is 4.26. The van der Waals surface area contributed by atoms with Crippen LogP contribution in [-0.4, -0.2) is 56.4 Å². The summed E-state index contributed by atoms with van der Waals surface area (Å²) in [5.41, 5.74) is 5.06. The first-order chi connectivity index (χ1) is 8.57. The van der Waals surface area contributed by atoms with Crippen molar-refractivity contribution in [3.63, 3.8) is 0 Å². The standard InChI is InChI=1S/C9H15F3N2O4S/c1-18-6-4-7(8(13)15)14(5-6)19(16,17)3-2-9(10,11)12/h6-7H,2-5H2,1H3,(H2,13,15)/t6-,7-/m0/s1. The third-order valence-electron chi connectivity index (χ3n) is 2.88. The van der Waals surface area contributed by atoms with E-state index in [1.807, 2.05) is 0 Å². The fourth-order valence-corrected chi connectivity index (χ4v) is 3.56. The molecular weight excluding hydrogens is 289 g/mol. The van der Waals surface area contributed by atoms with Crippen LogP contribution in [0.25, 0.3) is 0 Å². The Labute approximate surface area is 108 Å². The zero-order valence-electron chi connectivity index (χ0n) is 10.2. The molecule has 1 saturated heterocycles. The Hall–Kier alpha value is -0.870. The van der Waals surface area contributed by atoms with Gasteiger partial charge in [-0.25, -0.2) is 8.42 Å². The largest absolute Gasteiger partial charge is 0.390 e. The Morgan fingerprint density at radius 3 is 2.47 bits per heavy atom. The van der Waals surface area contributed by atoms with Crippen LogP contribution in [-0.2, 0) is 19.6 Å². The first-order valence-electron chi connectivity index (χ1n) is 5.45. The molecule has 0 aromatic carbocycles. The van der Waals surface area contributed by atoms with Crippen molar-refractivity contribution in [3.8, 4) is 0 Å². The summed E-state index contributed by atoms with van der Waals surface area (Å²) in [7, 11) is -2.87. The number of sulfonamides is 1. The van der Waals surface area contributed by atoms with Crippen LogP contribution in [0, 0.1) is 0 Å². The van der Waals surface area contributed by atoms with Crippen molar-refractivity contribution in [3.05, 3.63) is 0 Å². The van der Waals surface area contributed by atoms with Crippen LogP contribution >= 0.6 is 0 Å². The van der Waals surface area contributed by atoms with Crippen LogP contribution in [0.4, 0.5) is 13.2 Å². The van der Waals surface area contributed by atoms with Gasteiger partial charge in [0.25, 0.3) is 0 Å². The van der Waals surface area contributed by atoms with Gasteiger partial charge in [0.15, 0.2) is 0 Å². The highest BCUT2D eigenvalue weighted by molar-refractivity contribution is 7.89. The molecule has 0 saturated carbocycles. The molecule has 6 nitrogen and oxygen atoms in total. The van der Waals surface area contributed by atoms with Gasteiger partial charge in [-0.1, -0.05) is 0 Å². The number of alkyl halides is 3. The fourth-order valence-electron chi connectivity index (χ4n) is 1.87. The molecule has 0 aromatic heterocycles. The van der Waals surface area contributed by atoms with Crippen LogP contribution in [0.3, 0.4) is 0 Å². The van der Waals surface area contributed by atoms with E-state index >= 15 is 0 Å². The van der Waals surface area contributed by atoms with Gasteiger partial charge in [0.2, 0.25) is 15.9 Å². The lowest BCUT2D eigenvalue weighted by atomic mass is 10.2. The number of hydrogen-bond acceptors (Lipinski definition) is 4. The van der Waals surface area contributed by atoms with Crippen molar-refractivity contribution >= 4 is 15.9 Å². The maximum absolute atomic E-state index is 12.1. The normalized spacial score (nSPS) is 25.7. The first kappa shape index (κ1) is 16.2. The maximum Gasteiger partial charge on any atom is 0.390 e. The van der Waals surface area contributed by atoms with E-state index in [1.165, 1.54) is 7.11 Å². The molecule has 2 atom stereocenters. The third kappa shape index (κ3) is 4.32. The van der Waals surface area contributed by atoms with Crippen LogP contribution < -0.4 is 5.73 Å². The summed E-state index contributed by atoms with van der Waals surface area (Å²) < 4.78 is 65.5. The third-order valence-corrected chi connectivity index (χ3v) is 4.72. The summed E-state index contributed by atoms with van der Waals surface area (Å²) in [6, 6.07) is -1.15. The highest BCUT2D eigenvalue weighted by atomic mass is 32.2. The summed E-state index contributed by atoms with van der Waals surface area (Å²) >= 11 is 0. The van der Waals surface area contributed by atoms with E-state index in [9.17, 15) is 26.4 Å². The molecule has 10 heteroatoms.